The Labute approximate surface area is 121 Å². The van der Waals surface area contributed by atoms with E-state index in [0.717, 1.165) is 0 Å². The highest BCUT2D eigenvalue weighted by Crippen LogP contribution is 2.17. The first-order valence-corrected chi connectivity index (χ1v) is 7.15. The van der Waals surface area contributed by atoms with E-state index < -0.39 is 5.97 Å². The van der Waals surface area contributed by atoms with Gasteiger partial charge in [0.2, 0.25) is 5.91 Å². The molecule has 0 aliphatic rings. The molecule has 5 heteroatoms. The first kappa shape index (κ1) is 14.3. The van der Waals surface area contributed by atoms with Crippen molar-refractivity contribution in [2.45, 2.75) is 19.3 Å². The van der Waals surface area contributed by atoms with E-state index in [9.17, 15) is 9.59 Å². The van der Waals surface area contributed by atoms with E-state index in [1.54, 1.807) is 35.6 Å². The predicted octanol–water partition coefficient (Wildman–Crippen LogP) is 2.95. The van der Waals surface area contributed by atoms with Gasteiger partial charge in [-0.2, -0.15) is 0 Å². The van der Waals surface area contributed by atoms with E-state index in [-0.39, 0.29) is 12.3 Å². The first-order valence-electron chi connectivity index (χ1n) is 6.27. The van der Waals surface area contributed by atoms with Crippen molar-refractivity contribution >= 4 is 28.9 Å². The zero-order valence-corrected chi connectivity index (χ0v) is 11.7. The number of aliphatic carboxylic acids is 1. The fourth-order valence-electron chi connectivity index (χ4n) is 1.86. The molecule has 0 aliphatic carbocycles. The van der Waals surface area contributed by atoms with Crippen molar-refractivity contribution < 1.29 is 14.7 Å². The minimum absolute atomic E-state index is 0.0959. The van der Waals surface area contributed by atoms with Gasteiger partial charge in [0, 0.05) is 17.0 Å². The van der Waals surface area contributed by atoms with Gasteiger partial charge in [0.05, 0.1) is 6.42 Å². The monoisotopic (exact) mass is 289 g/mol. The zero-order valence-electron chi connectivity index (χ0n) is 10.8. The molecule has 1 heterocycles. The highest BCUT2D eigenvalue weighted by Gasteiger charge is 2.09. The third kappa shape index (κ3) is 4.20. The number of amides is 1. The molecule has 0 aliphatic heterocycles. The second-order valence-electron chi connectivity index (χ2n) is 4.36. The number of hydrogen-bond acceptors (Lipinski definition) is 3. The number of nitrogens with one attached hydrogen (secondary N) is 1. The van der Waals surface area contributed by atoms with Crippen molar-refractivity contribution in [3.05, 3.63) is 52.2 Å². The Morgan fingerprint density at radius 1 is 1.15 bits per heavy atom. The van der Waals surface area contributed by atoms with Crippen LogP contribution in [0.2, 0.25) is 0 Å². The molecule has 0 radical (unpaired) electrons. The lowest BCUT2D eigenvalue weighted by molar-refractivity contribution is -0.136. The van der Waals surface area contributed by atoms with Gasteiger partial charge >= 0.3 is 5.97 Å². The minimum atomic E-state index is -0.912. The minimum Gasteiger partial charge on any atom is -0.481 e. The van der Waals surface area contributed by atoms with Crippen LogP contribution in [0.4, 0.5) is 5.69 Å². The van der Waals surface area contributed by atoms with Crippen molar-refractivity contribution in [3.8, 4) is 0 Å². The lowest BCUT2D eigenvalue weighted by Crippen LogP contribution is -2.14. The van der Waals surface area contributed by atoms with E-state index >= 15 is 0 Å². The number of carbonyl (C=O) groups excluding carboxylic acids is 1. The van der Waals surface area contributed by atoms with Crippen LogP contribution in [0.15, 0.2) is 41.8 Å². The Morgan fingerprint density at radius 2 is 1.95 bits per heavy atom. The topological polar surface area (TPSA) is 66.4 Å². The summed E-state index contributed by atoms with van der Waals surface area (Å²) in [6.07, 6.45) is 0.994. The summed E-state index contributed by atoms with van der Waals surface area (Å²) in [6, 6.07) is 10.9. The molecule has 0 atom stereocenters. The molecule has 4 nitrogen and oxygen atoms in total. The number of aryl methyl sites for hydroxylation is 1. The Bertz CT molecular complexity index is 593. The normalized spacial score (nSPS) is 10.2. The van der Waals surface area contributed by atoms with Crippen LogP contribution in [-0.2, 0) is 22.4 Å². The molecular formula is C15H15NO3S. The Morgan fingerprint density at radius 3 is 2.65 bits per heavy atom. The van der Waals surface area contributed by atoms with Crippen molar-refractivity contribution in [2.75, 3.05) is 5.32 Å². The fourth-order valence-corrected chi connectivity index (χ4v) is 2.57. The molecule has 0 saturated carbocycles. The molecule has 2 N–H and O–H groups in total. The summed E-state index contributed by atoms with van der Waals surface area (Å²) in [6.45, 7) is 0. The number of rotatable bonds is 6. The highest BCUT2D eigenvalue weighted by molar-refractivity contribution is 7.09. The largest absolute Gasteiger partial charge is 0.481 e. The smallest absolute Gasteiger partial charge is 0.307 e. The average molecular weight is 289 g/mol. The molecule has 20 heavy (non-hydrogen) atoms. The molecule has 2 rings (SSSR count). The third-order valence-corrected chi connectivity index (χ3v) is 3.75. The molecule has 104 valence electrons. The number of hydrogen-bond donors (Lipinski definition) is 2. The van der Waals surface area contributed by atoms with Crippen LogP contribution in [-0.4, -0.2) is 17.0 Å². The number of anilines is 1. The molecule has 1 aromatic heterocycles. The van der Waals surface area contributed by atoms with E-state index in [1.165, 1.54) is 4.88 Å². The van der Waals surface area contributed by atoms with E-state index in [1.807, 2.05) is 17.5 Å². The standard InChI is InChI=1S/C15H15NO3S/c17-14(8-7-12-5-3-9-20-12)16-13-6-2-1-4-11(13)10-15(18)19/h1-6,9H,7-8,10H2,(H,16,17)(H,18,19). The molecule has 1 amide bonds. The van der Waals surface area contributed by atoms with Crippen LogP contribution in [0.5, 0.6) is 0 Å². The number of para-hydroxylation sites is 1. The van der Waals surface area contributed by atoms with Crippen LogP contribution >= 0.6 is 11.3 Å². The number of benzene rings is 1. The van der Waals surface area contributed by atoms with E-state index in [4.69, 9.17) is 5.11 Å². The Kier molecular flexibility index (Phi) is 4.90. The summed E-state index contributed by atoms with van der Waals surface area (Å²) in [5.74, 6) is -1.01. The molecule has 0 fully saturated rings. The highest BCUT2D eigenvalue weighted by atomic mass is 32.1. The second-order valence-corrected chi connectivity index (χ2v) is 5.39. The van der Waals surface area contributed by atoms with Gasteiger partial charge < -0.3 is 10.4 Å². The number of carboxylic acids is 1. The van der Waals surface area contributed by atoms with E-state index in [0.29, 0.717) is 24.1 Å². The van der Waals surface area contributed by atoms with Gasteiger partial charge in [0.25, 0.3) is 0 Å². The van der Waals surface area contributed by atoms with Crippen molar-refractivity contribution in [2.24, 2.45) is 0 Å². The van der Waals surface area contributed by atoms with Gasteiger partial charge in [-0.05, 0) is 29.5 Å². The molecule has 0 spiro atoms. The number of carboxylic acid groups (broad SMARTS) is 1. The van der Waals surface area contributed by atoms with Crippen LogP contribution < -0.4 is 5.32 Å². The van der Waals surface area contributed by atoms with Crippen LogP contribution in [0.25, 0.3) is 0 Å². The summed E-state index contributed by atoms with van der Waals surface area (Å²) in [5, 5.41) is 13.6. The summed E-state index contributed by atoms with van der Waals surface area (Å²) in [4.78, 5) is 23.8. The van der Waals surface area contributed by atoms with Gasteiger partial charge in [-0.15, -0.1) is 11.3 Å². The van der Waals surface area contributed by atoms with Gasteiger partial charge in [0.1, 0.15) is 0 Å². The number of carbonyl (C=O) groups is 2. The second kappa shape index (κ2) is 6.86. The summed E-state index contributed by atoms with van der Waals surface area (Å²) in [5.41, 5.74) is 1.19. The van der Waals surface area contributed by atoms with Crippen LogP contribution in [0, 0.1) is 0 Å². The average Bonchev–Trinajstić information content (AvgIpc) is 2.91. The molecule has 0 bridgehead atoms. The maximum atomic E-state index is 11.9. The van der Waals surface area contributed by atoms with Gasteiger partial charge in [0.15, 0.2) is 0 Å². The SMILES string of the molecule is O=C(O)Cc1ccccc1NC(=O)CCc1cccs1. The van der Waals surface area contributed by atoms with Crippen LogP contribution in [0.1, 0.15) is 16.9 Å². The lowest BCUT2D eigenvalue weighted by Gasteiger charge is -2.09. The summed E-state index contributed by atoms with van der Waals surface area (Å²) in [7, 11) is 0. The molecule has 1 aromatic carbocycles. The first-order chi connectivity index (χ1) is 9.65. The molecule has 0 saturated heterocycles. The maximum absolute atomic E-state index is 11.9. The van der Waals surface area contributed by atoms with Gasteiger partial charge in [-0.3, -0.25) is 9.59 Å². The molecule has 0 unspecified atom stereocenters. The van der Waals surface area contributed by atoms with Crippen molar-refractivity contribution in [3.63, 3.8) is 0 Å². The Balaban J connectivity index is 1.95. The van der Waals surface area contributed by atoms with Crippen molar-refractivity contribution in [1.29, 1.82) is 0 Å². The van der Waals surface area contributed by atoms with E-state index in [2.05, 4.69) is 5.32 Å². The third-order valence-electron chi connectivity index (χ3n) is 2.81. The summed E-state index contributed by atoms with van der Waals surface area (Å²) < 4.78 is 0. The molecular weight excluding hydrogens is 274 g/mol. The summed E-state index contributed by atoms with van der Waals surface area (Å²) >= 11 is 1.63. The van der Waals surface area contributed by atoms with Gasteiger partial charge in [-0.25, -0.2) is 0 Å². The predicted molar refractivity (Wildman–Crippen MR) is 79.1 cm³/mol. The quantitative estimate of drug-likeness (QED) is 0.859. The number of thiophene rings is 1. The van der Waals surface area contributed by atoms with Crippen molar-refractivity contribution in [1.82, 2.24) is 0 Å². The molecule has 2 aromatic rings. The van der Waals surface area contributed by atoms with Gasteiger partial charge in [-0.1, -0.05) is 24.3 Å². The lowest BCUT2D eigenvalue weighted by atomic mass is 10.1. The fraction of sp³-hybridized carbons (Fsp3) is 0.200. The maximum Gasteiger partial charge on any atom is 0.307 e. The Hall–Kier alpha value is -2.14. The van der Waals surface area contributed by atoms with Crippen LogP contribution in [0.3, 0.4) is 0 Å². The zero-order chi connectivity index (χ0) is 14.4.